The fourth-order valence-corrected chi connectivity index (χ4v) is 3.15. The summed E-state index contributed by atoms with van der Waals surface area (Å²) >= 11 is 6.12. The van der Waals surface area contributed by atoms with E-state index in [1.54, 1.807) is 17.0 Å². The number of piperazine rings is 1. The normalized spacial score (nSPS) is 15.1. The number of nitrogens with zero attached hydrogens (tertiary/aromatic N) is 4. The predicted molar refractivity (Wildman–Crippen MR) is 94.8 cm³/mol. The molecule has 0 spiro atoms. The second-order valence-corrected chi connectivity index (χ2v) is 6.18. The van der Waals surface area contributed by atoms with E-state index >= 15 is 0 Å². The molecule has 2 aromatic rings. The zero-order chi connectivity index (χ0) is 16.4. The fourth-order valence-electron chi connectivity index (χ4n) is 2.98. The Morgan fingerprint density at radius 3 is 2.57 bits per heavy atom. The SMILES string of the molecule is CCn1ccnc(N2CCN(c3cc(Cl)ccc3C)CC2)c1=O. The van der Waals surface area contributed by atoms with Crippen LogP contribution in [-0.4, -0.2) is 35.7 Å². The molecule has 23 heavy (non-hydrogen) atoms. The summed E-state index contributed by atoms with van der Waals surface area (Å²) in [5, 5.41) is 0.753. The monoisotopic (exact) mass is 332 g/mol. The van der Waals surface area contributed by atoms with E-state index in [0.717, 1.165) is 31.2 Å². The summed E-state index contributed by atoms with van der Waals surface area (Å²) in [5.74, 6) is 0.553. The molecule has 0 radical (unpaired) electrons. The average molecular weight is 333 g/mol. The Morgan fingerprint density at radius 1 is 1.17 bits per heavy atom. The molecule has 0 unspecified atom stereocenters. The Kier molecular flexibility index (Phi) is 4.57. The van der Waals surface area contributed by atoms with Crippen molar-refractivity contribution in [2.24, 2.45) is 0 Å². The van der Waals surface area contributed by atoms with Crippen molar-refractivity contribution in [1.82, 2.24) is 9.55 Å². The highest BCUT2D eigenvalue weighted by Crippen LogP contribution is 2.25. The van der Waals surface area contributed by atoms with Gasteiger partial charge in [-0.15, -0.1) is 0 Å². The first-order valence-electron chi connectivity index (χ1n) is 7.91. The summed E-state index contributed by atoms with van der Waals surface area (Å²) in [4.78, 5) is 21.1. The van der Waals surface area contributed by atoms with Crippen molar-refractivity contribution in [3.63, 3.8) is 0 Å². The van der Waals surface area contributed by atoms with Crippen molar-refractivity contribution in [2.75, 3.05) is 36.0 Å². The predicted octanol–water partition coefficient (Wildman–Crippen LogP) is 2.55. The zero-order valence-corrected chi connectivity index (χ0v) is 14.3. The van der Waals surface area contributed by atoms with Gasteiger partial charge in [-0.2, -0.15) is 0 Å². The average Bonchev–Trinajstić information content (AvgIpc) is 2.57. The smallest absolute Gasteiger partial charge is 0.293 e. The zero-order valence-electron chi connectivity index (χ0n) is 13.5. The molecular formula is C17H21ClN4O. The number of hydrogen-bond donors (Lipinski definition) is 0. The van der Waals surface area contributed by atoms with E-state index in [9.17, 15) is 4.79 Å². The summed E-state index contributed by atoms with van der Waals surface area (Å²) in [6.45, 7) is 7.98. The molecule has 1 aliphatic heterocycles. The topological polar surface area (TPSA) is 41.4 Å². The van der Waals surface area contributed by atoms with Crippen LogP contribution in [0.5, 0.6) is 0 Å². The van der Waals surface area contributed by atoms with Gasteiger partial charge in [-0.25, -0.2) is 4.98 Å². The number of rotatable bonds is 3. The number of benzene rings is 1. The third-order valence-electron chi connectivity index (χ3n) is 4.33. The van der Waals surface area contributed by atoms with Crippen molar-refractivity contribution in [2.45, 2.75) is 20.4 Å². The Morgan fingerprint density at radius 2 is 1.87 bits per heavy atom. The van der Waals surface area contributed by atoms with Crippen molar-refractivity contribution in [3.8, 4) is 0 Å². The molecule has 1 aromatic heterocycles. The second-order valence-electron chi connectivity index (χ2n) is 5.75. The molecule has 1 saturated heterocycles. The molecule has 5 nitrogen and oxygen atoms in total. The number of aromatic nitrogens is 2. The molecule has 0 bridgehead atoms. The molecule has 0 atom stereocenters. The summed E-state index contributed by atoms with van der Waals surface area (Å²) in [6.07, 6.45) is 3.44. The molecule has 2 heterocycles. The van der Waals surface area contributed by atoms with Crippen LogP contribution in [0.15, 0.2) is 35.4 Å². The molecule has 0 saturated carbocycles. The third kappa shape index (κ3) is 3.20. The minimum atomic E-state index is -0.0117. The van der Waals surface area contributed by atoms with E-state index in [0.29, 0.717) is 12.4 Å². The van der Waals surface area contributed by atoms with E-state index < -0.39 is 0 Å². The number of anilines is 2. The lowest BCUT2D eigenvalue weighted by Gasteiger charge is -2.37. The summed E-state index contributed by atoms with van der Waals surface area (Å²) < 4.78 is 1.69. The highest BCUT2D eigenvalue weighted by Gasteiger charge is 2.21. The highest BCUT2D eigenvalue weighted by atomic mass is 35.5. The minimum absolute atomic E-state index is 0.0117. The van der Waals surface area contributed by atoms with Gasteiger partial charge in [0, 0.05) is 55.8 Å². The highest BCUT2D eigenvalue weighted by molar-refractivity contribution is 6.30. The first-order chi connectivity index (χ1) is 11.1. The van der Waals surface area contributed by atoms with Crippen LogP contribution in [0.2, 0.25) is 5.02 Å². The van der Waals surface area contributed by atoms with Gasteiger partial charge >= 0.3 is 0 Å². The van der Waals surface area contributed by atoms with E-state index in [1.165, 1.54) is 11.3 Å². The molecule has 3 rings (SSSR count). The lowest BCUT2D eigenvalue weighted by Crippen LogP contribution is -2.49. The van der Waals surface area contributed by atoms with Gasteiger partial charge in [-0.1, -0.05) is 17.7 Å². The van der Waals surface area contributed by atoms with Crippen LogP contribution in [0.3, 0.4) is 0 Å². The maximum absolute atomic E-state index is 12.4. The Hall–Kier alpha value is -2.01. The van der Waals surface area contributed by atoms with Crippen LogP contribution in [0, 0.1) is 6.92 Å². The van der Waals surface area contributed by atoms with E-state index in [1.807, 2.05) is 25.1 Å². The lowest BCUT2D eigenvalue weighted by molar-refractivity contribution is 0.631. The minimum Gasteiger partial charge on any atom is -0.368 e. The Bertz CT molecular complexity index is 750. The molecule has 1 aliphatic rings. The van der Waals surface area contributed by atoms with Gasteiger partial charge in [-0.05, 0) is 31.5 Å². The summed E-state index contributed by atoms with van der Waals surface area (Å²) in [7, 11) is 0. The van der Waals surface area contributed by atoms with Gasteiger partial charge < -0.3 is 14.4 Å². The molecule has 0 aliphatic carbocycles. The van der Waals surface area contributed by atoms with Crippen LogP contribution in [0.4, 0.5) is 11.5 Å². The van der Waals surface area contributed by atoms with Crippen molar-refractivity contribution >= 4 is 23.1 Å². The van der Waals surface area contributed by atoms with E-state index in [-0.39, 0.29) is 5.56 Å². The van der Waals surface area contributed by atoms with Gasteiger partial charge in [0.1, 0.15) is 0 Å². The molecule has 6 heteroatoms. The second kappa shape index (κ2) is 6.62. The first-order valence-corrected chi connectivity index (χ1v) is 8.29. The van der Waals surface area contributed by atoms with Crippen molar-refractivity contribution in [3.05, 3.63) is 51.5 Å². The van der Waals surface area contributed by atoms with Crippen LogP contribution < -0.4 is 15.4 Å². The van der Waals surface area contributed by atoms with Gasteiger partial charge in [0.05, 0.1) is 0 Å². The van der Waals surface area contributed by atoms with Crippen LogP contribution in [-0.2, 0) is 6.54 Å². The molecule has 0 amide bonds. The van der Waals surface area contributed by atoms with Gasteiger partial charge in [0.25, 0.3) is 5.56 Å². The maximum atomic E-state index is 12.4. The Labute approximate surface area is 141 Å². The standard InChI is InChI=1S/C17H21ClN4O/c1-3-20-7-6-19-16(17(20)23)22-10-8-21(9-11-22)15-12-14(18)5-4-13(15)2/h4-7,12H,3,8-11H2,1-2H3. The molecule has 1 fully saturated rings. The van der Waals surface area contributed by atoms with Gasteiger partial charge in [0.2, 0.25) is 0 Å². The quantitative estimate of drug-likeness (QED) is 0.866. The van der Waals surface area contributed by atoms with Crippen LogP contribution >= 0.6 is 11.6 Å². The van der Waals surface area contributed by atoms with E-state index in [4.69, 9.17) is 11.6 Å². The third-order valence-corrected chi connectivity index (χ3v) is 4.56. The molecule has 0 N–H and O–H groups in total. The largest absolute Gasteiger partial charge is 0.368 e. The van der Waals surface area contributed by atoms with Gasteiger partial charge in [0.15, 0.2) is 5.82 Å². The van der Waals surface area contributed by atoms with Crippen LogP contribution in [0.1, 0.15) is 12.5 Å². The van der Waals surface area contributed by atoms with Gasteiger partial charge in [-0.3, -0.25) is 4.79 Å². The number of halogens is 1. The molecule has 122 valence electrons. The van der Waals surface area contributed by atoms with E-state index in [2.05, 4.69) is 21.7 Å². The number of hydrogen-bond acceptors (Lipinski definition) is 4. The lowest BCUT2D eigenvalue weighted by atomic mass is 10.1. The van der Waals surface area contributed by atoms with Crippen molar-refractivity contribution < 1.29 is 0 Å². The first kappa shape index (κ1) is 15.9. The summed E-state index contributed by atoms with van der Waals surface area (Å²) in [6, 6.07) is 5.97. The summed E-state index contributed by atoms with van der Waals surface area (Å²) in [5.41, 5.74) is 2.38. The fraction of sp³-hybridized carbons (Fsp3) is 0.412. The maximum Gasteiger partial charge on any atom is 0.293 e. The van der Waals surface area contributed by atoms with Crippen molar-refractivity contribution in [1.29, 1.82) is 0 Å². The molecular weight excluding hydrogens is 312 g/mol. The Balaban J connectivity index is 1.76. The molecule has 1 aromatic carbocycles. The van der Waals surface area contributed by atoms with Crippen LogP contribution in [0.25, 0.3) is 0 Å². The number of aryl methyl sites for hydroxylation is 2.